The van der Waals surface area contributed by atoms with Crippen LogP contribution < -0.4 is 10.6 Å². The summed E-state index contributed by atoms with van der Waals surface area (Å²) in [7, 11) is 1.75. The van der Waals surface area contributed by atoms with E-state index >= 15 is 0 Å². The zero-order chi connectivity index (χ0) is 12.5. The Balaban J connectivity index is 2.21. The first-order valence-corrected chi connectivity index (χ1v) is 6.42. The van der Waals surface area contributed by atoms with Crippen molar-refractivity contribution < 1.29 is 4.74 Å². The zero-order valence-electron chi connectivity index (χ0n) is 10.1. The van der Waals surface area contributed by atoms with Crippen LogP contribution in [-0.2, 0) is 4.74 Å². The van der Waals surface area contributed by atoms with Crippen LogP contribution in [0.3, 0.4) is 0 Å². The van der Waals surface area contributed by atoms with Crippen LogP contribution in [0.2, 0.25) is 0 Å². The van der Waals surface area contributed by atoms with E-state index < -0.39 is 0 Å². The third kappa shape index (κ3) is 2.87. The van der Waals surface area contributed by atoms with Gasteiger partial charge in [-0.05, 0) is 35.7 Å². The van der Waals surface area contributed by atoms with Crippen molar-refractivity contribution >= 4 is 27.7 Å². The number of nitrogens with two attached hydrogens (primary N) is 1. The van der Waals surface area contributed by atoms with Crippen LogP contribution in [-0.4, -0.2) is 35.8 Å². The first kappa shape index (κ1) is 12.6. The van der Waals surface area contributed by atoms with Gasteiger partial charge in [0.1, 0.15) is 10.4 Å². The van der Waals surface area contributed by atoms with Gasteiger partial charge in [-0.2, -0.15) is 4.98 Å². The van der Waals surface area contributed by atoms with Gasteiger partial charge in [-0.15, -0.1) is 0 Å². The topological polar surface area (TPSA) is 64.3 Å². The zero-order valence-corrected chi connectivity index (χ0v) is 11.7. The molecule has 6 heteroatoms. The lowest BCUT2D eigenvalue weighted by atomic mass is 9.95. The molecule has 5 nitrogen and oxygen atoms in total. The molecule has 0 aromatic carbocycles. The van der Waals surface area contributed by atoms with E-state index in [2.05, 4.69) is 37.7 Å². The first-order chi connectivity index (χ1) is 8.02. The maximum Gasteiger partial charge on any atom is 0.228 e. The maximum absolute atomic E-state index is 5.73. The van der Waals surface area contributed by atoms with Gasteiger partial charge in [0.25, 0.3) is 0 Å². The summed E-state index contributed by atoms with van der Waals surface area (Å²) in [6.45, 7) is 3.84. The Morgan fingerprint density at radius 2 is 2.29 bits per heavy atom. The number of nitrogens with zero attached hydrogens (tertiary/aromatic N) is 3. The van der Waals surface area contributed by atoms with E-state index in [1.54, 1.807) is 13.2 Å². The quantitative estimate of drug-likeness (QED) is 0.844. The number of hydrogen-bond donors (Lipinski definition) is 1. The van der Waals surface area contributed by atoms with Gasteiger partial charge < -0.3 is 15.4 Å². The van der Waals surface area contributed by atoms with E-state index in [0.29, 0.717) is 16.4 Å². The molecular weight excluding hydrogens is 284 g/mol. The second-order valence-corrected chi connectivity index (χ2v) is 5.41. The van der Waals surface area contributed by atoms with Gasteiger partial charge >= 0.3 is 0 Å². The van der Waals surface area contributed by atoms with Gasteiger partial charge in [0.2, 0.25) is 5.95 Å². The van der Waals surface area contributed by atoms with Gasteiger partial charge in [-0.25, -0.2) is 4.98 Å². The smallest absolute Gasteiger partial charge is 0.228 e. The fraction of sp³-hybridized carbons (Fsp3) is 0.636. The molecule has 1 aromatic rings. The molecule has 17 heavy (non-hydrogen) atoms. The van der Waals surface area contributed by atoms with Crippen molar-refractivity contribution in [1.29, 1.82) is 0 Å². The van der Waals surface area contributed by atoms with Crippen molar-refractivity contribution in [3.05, 3.63) is 10.7 Å². The van der Waals surface area contributed by atoms with Crippen LogP contribution in [0.1, 0.15) is 19.8 Å². The molecule has 2 heterocycles. The molecule has 1 fully saturated rings. The SMILES string of the molecule is COC1(C)CCCN(c2nc(N)cc(Br)n2)C1. The van der Waals surface area contributed by atoms with Gasteiger partial charge in [0, 0.05) is 26.3 Å². The molecular formula is C11H17BrN4O. The molecule has 0 saturated carbocycles. The number of rotatable bonds is 2. The lowest BCUT2D eigenvalue weighted by Gasteiger charge is -2.39. The second-order valence-electron chi connectivity index (χ2n) is 4.59. The molecule has 1 aliphatic rings. The Morgan fingerprint density at radius 3 is 2.94 bits per heavy atom. The van der Waals surface area contributed by atoms with Crippen LogP contribution in [0.5, 0.6) is 0 Å². The summed E-state index contributed by atoms with van der Waals surface area (Å²) in [6.07, 6.45) is 2.13. The summed E-state index contributed by atoms with van der Waals surface area (Å²) in [5.74, 6) is 1.14. The van der Waals surface area contributed by atoms with Crippen molar-refractivity contribution in [2.24, 2.45) is 0 Å². The first-order valence-electron chi connectivity index (χ1n) is 5.62. The highest BCUT2D eigenvalue weighted by Crippen LogP contribution is 2.27. The molecule has 1 aromatic heterocycles. The number of ether oxygens (including phenoxy) is 1. The maximum atomic E-state index is 5.73. The third-order valence-corrected chi connectivity index (χ3v) is 3.54. The molecule has 2 N–H and O–H groups in total. The van der Waals surface area contributed by atoms with E-state index in [1.807, 2.05) is 0 Å². The fourth-order valence-electron chi connectivity index (χ4n) is 2.11. The highest BCUT2D eigenvalue weighted by Gasteiger charge is 2.32. The molecule has 1 saturated heterocycles. The van der Waals surface area contributed by atoms with Crippen LogP contribution in [0, 0.1) is 0 Å². The molecule has 0 bridgehead atoms. The second kappa shape index (κ2) is 4.78. The van der Waals surface area contributed by atoms with Gasteiger partial charge in [-0.1, -0.05) is 0 Å². The van der Waals surface area contributed by atoms with Crippen LogP contribution in [0.15, 0.2) is 10.7 Å². The van der Waals surface area contributed by atoms with Crippen LogP contribution in [0.4, 0.5) is 11.8 Å². The fourth-order valence-corrected chi connectivity index (χ4v) is 2.50. The average Bonchev–Trinajstić information content (AvgIpc) is 2.28. The Labute approximate surface area is 110 Å². The average molecular weight is 301 g/mol. The Bertz CT molecular complexity index is 394. The molecule has 1 unspecified atom stereocenters. The summed E-state index contributed by atoms with van der Waals surface area (Å²) in [6, 6.07) is 1.70. The Morgan fingerprint density at radius 1 is 1.53 bits per heavy atom. The van der Waals surface area contributed by atoms with Gasteiger partial charge in [-0.3, -0.25) is 0 Å². The van der Waals surface area contributed by atoms with E-state index in [1.165, 1.54) is 0 Å². The highest BCUT2D eigenvalue weighted by molar-refractivity contribution is 9.10. The monoisotopic (exact) mass is 300 g/mol. The molecule has 1 aliphatic heterocycles. The minimum atomic E-state index is -0.126. The molecule has 0 spiro atoms. The summed E-state index contributed by atoms with van der Waals surface area (Å²) in [5.41, 5.74) is 5.60. The lowest BCUT2D eigenvalue weighted by molar-refractivity contribution is -0.00498. The summed E-state index contributed by atoms with van der Waals surface area (Å²) >= 11 is 3.34. The highest BCUT2D eigenvalue weighted by atomic mass is 79.9. The van der Waals surface area contributed by atoms with E-state index in [4.69, 9.17) is 10.5 Å². The van der Waals surface area contributed by atoms with Crippen molar-refractivity contribution in [3.63, 3.8) is 0 Å². The standard InChI is InChI=1S/C11H17BrN4O/c1-11(17-2)4-3-5-16(7-11)10-14-8(12)6-9(13)15-10/h6H,3-5,7H2,1-2H3,(H2,13,14,15). The normalized spacial score (nSPS) is 25.0. The van der Waals surface area contributed by atoms with E-state index in [9.17, 15) is 0 Å². The molecule has 0 radical (unpaired) electrons. The van der Waals surface area contributed by atoms with Crippen molar-refractivity contribution in [3.8, 4) is 0 Å². The van der Waals surface area contributed by atoms with E-state index in [-0.39, 0.29) is 5.60 Å². The minimum Gasteiger partial charge on any atom is -0.383 e. The lowest BCUT2D eigenvalue weighted by Crippen LogP contribution is -2.48. The summed E-state index contributed by atoms with van der Waals surface area (Å²) in [4.78, 5) is 10.7. The number of halogens is 1. The van der Waals surface area contributed by atoms with E-state index in [0.717, 1.165) is 25.9 Å². The third-order valence-electron chi connectivity index (χ3n) is 3.14. The number of piperidine rings is 1. The molecule has 0 amide bonds. The van der Waals surface area contributed by atoms with Crippen LogP contribution in [0.25, 0.3) is 0 Å². The van der Waals surface area contributed by atoms with Crippen molar-refractivity contribution in [2.75, 3.05) is 30.8 Å². The minimum absolute atomic E-state index is 0.126. The number of anilines is 2. The van der Waals surface area contributed by atoms with Crippen molar-refractivity contribution in [2.45, 2.75) is 25.4 Å². The van der Waals surface area contributed by atoms with Crippen LogP contribution >= 0.6 is 15.9 Å². The Kier molecular flexibility index (Phi) is 3.53. The predicted molar refractivity (Wildman–Crippen MR) is 71.0 cm³/mol. The predicted octanol–water partition coefficient (Wildman–Crippen LogP) is 1.83. The molecule has 94 valence electrons. The summed E-state index contributed by atoms with van der Waals surface area (Å²) in [5, 5.41) is 0. The molecule has 2 rings (SSSR count). The number of methoxy groups -OCH3 is 1. The number of hydrogen-bond acceptors (Lipinski definition) is 5. The Hall–Kier alpha value is -0.880. The largest absolute Gasteiger partial charge is 0.383 e. The van der Waals surface area contributed by atoms with Gasteiger partial charge in [0.05, 0.1) is 5.60 Å². The molecule has 0 aliphatic carbocycles. The van der Waals surface area contributed by atoms with Crippen molar-refractivity contribution in [1.82, 2.24) is 9.97 Å². The number of aromatic nitrogens is 2. The molecule has 1 atom stereocenters. The summed E-state index contributed by atoms with van der Waals surface area (Å²) < 4.78 is 6.26. The number of nitrogen functional groups attached to an aromatic ring is 1. The van der Waals surface area contributed by atoms with Gasteiger partial charge in [0.15, 0.2) is 0 Å².